The molecular formula is C37H39ClN6O3. The average molecular weight is 651 g/mol. The molecule has 1 fully saturated rings. The van der Waals surface area contributed by atoms with Crippen LogP contribution in [0.2, 0.25) is 5.02 Å². The van der Waals surface area contributed by atoms with Crippen molar-refractivity contribution in [2.45, 2.75) is 38.0 Å². The Hall–Kier alpha value is -4.86. The van der Waals surface area contributed by atoms with Crippen LogP contribution in [0.4, 0.5) is 16.2 Å². The topological polar surface area (TPSA) is 106 Å². The number of rotatable bonds is 9. The fraction of sp³-hybridized carbons (Fsp3) is 0.270. The molecule has 6 rings (SSSR count). The molecule has 47 heavy (non-hydrogen) atoms. The van der Waals surface area contributed by atoms with E-state index in [1.165, 1.54) is 5.56 Å². The van der Waals surface area contributed by atoms with Crippen molar-refractivity contribution >= 4 is 40.8 Å². The number of para-hydroxylation sites is 2. The van der Waals surface area contributed by atoms with Gasteiger partial charge in [0, 0.05) is 50.7 Å². The smallest absolute Gasteiger partial charge is 0.319 e. The minimum Gasteiger partial charge on any atom is -0.366 e. The highest BCUT2D eigenvalue weighted by molar-refractivity contribution is 6.30. The number of anilines is 2. The summed E-state index contributed by atoms with van der Waals surface area (Å²) in [5, 5.41) is 12.9. The van der Waals surface area contributed by atoms with Gasteiger partial charge in [0.25, 0.3) is 0 Å². The van der Waals surface area contributed by atoms with Gasteiger partial charge in [0.1, 0.15) is 6.04 Å². The number of piperazine rings is 1. The second kappa shape index (κ2) is 15.2. The standard InChI is InChI=1S/C37H39ClN6O3/c38-30-16-14-26(15-17-30)22-33(41-35(45)32-23-28-10-4-5-11-29(28)25-39-32)36(46)44-20-18-43(19-21-44)34-13-7-6-12-31(34)42-37(47)40-24-27-8-2-1-3-9-27/h1-17,32-33,39H,18-25H2,(H,41,45)(H2,40,42,47)/t32-,33-/m1/s1. The predicted octanol–water partition coefficient (Wildman–Crippen LogP) is 4.75. The summed E-state index contributed by atoms with van der Waals surface area (Å²) in [4.78, 5) is 44.3. The van der Waals surface area contributed by atoms with E-state index < -0.39 is 12.1 Å². The summed E-state index contributed by atoms with van der Waals surface area (Å²) in [6, 6.07) is 31.5. The maximum Gasteiger partial charge on any atom is 0.319 e. The first kappa shape index (κ1) is 32.1. The van der Waals surface area contributed by atoms with Crippen LogP contribution in [0, 0.1) is 0 Å². The number of carbonyl (C=O) groups excluding carboxylic acids is 3. The van der Waals surface area contributed by atoms with Crippen molar-refractivity contribution in [3.05, 3.63) is 130 Å². The van der Waals surface area contributed by atoms with Crippen LogP contribution in [0.1, 0.15) is 22.3 Å². The molecule has 1 saturated heterocycles. The molecule has 0 bridgehead atoms. The Morgan fingerprint density at radius 3 is 2.23 bits per heavy atom. The van der Waals surface area contributed by atoms with E-state index in [9.17, 15) is 14.4 Å². The van der Waals surface area contributed by atoms with E-state index in [0.717, 1.165) is 22.4 Å². The molecule has 2 aliphatic heterocycles. The maximum atomic E-state index is 14.0. The molecule has 242 valence electrons. The van der Waals surface area contributed by atoms with Crippen molar-refractivity contribution < 1.29 is 14.4 Å². The number of urea groups is 1. The average Bonchev–Trinajstić information content (AvgIpc) is 3.11. The molecule has 2 heterocycles. The number of carbonyl (C=O) groups is 3. The third-order valence-corrected chi connectivity index (χ3v) is 9.00. The fourth-order valence-corrected chi connectivity index (χ4v) is 6.28. The van der Waals surface area contributed by atoms with Gasteiger partial charge in [-0.2, -0.15) is 0 Å². The summed E-state index contributed by atoms with van der Waals surface area (Å²) in [6.45, 7) is 3.16. The van der Waals surface area contributed by atoms with Crippen molar-refractivity contribution in [1.29, 1.82) is 0 Å². The van der Waals surface area contributed by atoms with Gasteiger partial charge in [0.05, 0.1) is 17.4 Å². The highest BCUT2D eigenvalue weighted by Crippen LogP contribution is 2.27. The van der Waals surface area contributed by atoms with Crippen LogP contribution in [0.15, 0.2) is 103 Å². The second-order valence-corrected chi connectivity index (χ2v) is 12.4. The lowest BCUT2D eigenvalue weighted by Gasteiger charge is -2.38. The molecule has 0 aliphatic carbocycles. The number of hydrogen-bond acceptors (Lipinski definition) is 5. The molecule has 9 nitrogen and oxygen atoms in total. The first-order chi connectivity index (χ1) is 22.9. The minimum atomic E-state index is -0.726. The SMILES string of the molecule is O=C(NCc1ccccc1)Nc1ccccc1N1CCN(C(=O)[C@@H](Cc2ccc(Cl)cc2)NC(=O)[C@H]2Cc3ccccc3CN2)CC1. The summed E-state index contributed by atoms with van der Waals surface area (Å²) in [7, 11) is 0. The van der Waals surface area contributed by atoms with Crippen molar-refractivity contribution in [2.24, 2.45) is 0 Å². The first-order valence-electron chi connectivity index (χ1n) is 16.0. The molecular weight excluding hydrogens is 612 g/mol. The zero-order valence-electron chi connectivity index (χ0n) is 26.1. The van der Waals surface area contributed by atoms with Gasteiger partial charge in [-0.25, -0.2) is 4.79 Å². The number of hydrogen-bond donors (Lipinski definition) is 4. The number of nitrogens with zero attached hydrogens (tertiary/aromatic N) is 2. The van der Waals surface area contributed by atoms with Gasteiger partial charge >= 0.3 is 6.03 Å². The Labute approximate surface area is 280 Å². The van der Waals surface area contributed by atoms with Gasteiger partial charge in [-0.3, -0.25) is 9.59 Å². The zero-order valence-corrected chi connectivity index (χ0v) is 26.9. The van der Waals surface area contributed by atoms with Gasteiger partial charge in [-0.1, -0.05) is 90.5 Å². The van der Waals surface area contributed by atoms with Crippen LogP contribution >= 0.6 is 11.6 Å². The molecule has 0 saturated carbocycles. The van der Waals surface area contributed by atoms with Gasteiger partial charge in [-0.15, -0.1) is 0 Å². The van der Waals surface area contributed by atoms with Crippen molar-refractivity contribution in [3.8, 4) is 0 Å². The van der Waals surface area contributed by atoms with Crippen LogP contribution < -0.4 is 26.2 Å². The number of benzene rings is 4. The van der Waals surface area contributed by atoms with E-state index in [1.54, 1.807) is 12.1 Å². The third-order valence-electron chi connectivity index (χ3n) is 8.75. The Morgan fingerprint density at radius 2 is 1.47 bits per heavy atom. The van der Waals surface area contributed by atoms with Gasteiger partial charge < -0.3 is 31.1 Å². The summed E-state index contributed by atoms with van der Waals surface area (Å²) in [5.74, 6) is -0.299. The molecule has 4 N–H and O–H groups in total. The Morgan fingerprint density at radius 1 is 0.787 bits per heavy atom. The Bertz CT molecular complexity index is 1690. The summed E-state index contributed by atoms with van der Waals surface area (Å²) >= 11 is 6.12. The highest BCUT2D eigenvalue weighted by atomic mass is 35.5. The zero-order chi connectivity index (χ0) is 32.6. The minimum absolute atomic E-state index is 0.115. The quantitative estimate of drug-likeness (QED) is 0.209. The normalized spacial score (nSPS) is 16.5. The van der Waals surface area contributed by atoms with Crippen molar-refractivity contribution in [2.75, 3.05) is 36.4 Å². The number of fused-ring (bicyclic) bond motifs is 1. The van der Waals surface area contributed by atoms with E-state index in [4.69, 9.17) is 11.6 Å². The highest BCUT2D eigenvalue weighted by Gasteiger charge is 2.32. The fourth-order valence-electron chi connectivity index (χ4n) is 6.16. The molecule has 2 aliphatic rings. The van der Waals surface area contributed by atoms with E-state index in [0.29, 0.717) is 62.8 Å². The van der Waals surface area contributed by atoms with Crippen molar-refractivity contribution in [3.63, 3.8) is 0 Å². The van der Waals surface area contributed by atoms with E-state index in [2.05, 4.69) is 38.3 Å². The van der Waals surface area contributed by atoms with Gasteiger partial charge in [0.2, 0.25) is 11.8 Å². The molecule has 4 amide bonds. The van der Waals surface area contributed by atoms with E-state index >= 15 is 0 Å². The number of amides is 4. The Balaban J connectivity index is 1.09. The molecule has 4 aromatic rings. The third kappa shape index (κ3) is 8.30. The molecule has 0 spiro atoms. The second-order valence-electron chi connectivity index (χ2n) is 11.9. The van der Waals surface area contributed by atoms with Crippen LogP contribution in [0.25, 0.3) is 0 Å². The summed E-state index contributed by atoms with van der Waals surface area (Å²) < 4.78 is 0. The van der Waals surface area contributed by atoms with Crippen LogP contribution in [-0.4, -0.2) is 61.0 Å². The van der Waals surface area contributed by atoms with Crippen molar-refractivity contribution in [1.82, 2.24) is 20.9 Å². The number of halogens is 1. The predicted molar refractivity (Wildman–Crippen MR) is 185 cm³/mol. The molecule has 0 unspecified atom stereocenters. The van der Waals surface area contributed by atoms with Gasteiger partial charge in [0.15, 0.2) is 0 Å². The van der Waals surface area contributed by atoms with Crippen LogP contribution in [0.5, 0.6) is 0 Å². The lowest BCUT2D eigenvalue weighted by molar-refractivity contribution is -0.137. The Kier molecular flexibility index (Phi) is 10.3. The number of nitrogens with one attached hydrogen (secondary N) is 4. The molecule has 2 atom stereocenters. The molecule has 0 aromatic heterocycles. The summed E-state index contributed by atoms with van der Waals surface area (Å²) in [6.07, 6.45) is 0.927. The van der Waals surface area contributed by atoms with E-state index in [1.807, 2.05) is 83.8 Å². The summed E-state index contributed by atoms with van der Waals surface area (Å²) in [5.41, 5.74) is 5.86. The maximum absolute atomic E-state index is 14.0. The van der Waals surface area contributed by atoms with E-state index in [-0.39, 0.29) is 17.8 Å². The molecule has 4 aromatic carbocycles. The van der Waals surface area contributed by atoms with Crippen LogP contribution in [-0.2, 0) is 35.5 Å². The first-order valence-corrected chi connectivity index (χ1v) is 16.4. The largest absolute Gasteiger partial charge is 0.366 e. The molecule has 0 radical (unpaired) electrons. The monoisotopic (exact) mass is 650 g/mol. The van der Waals surface area contributed by atoms with Gasteiger partial charge in [-0.05, 0) is 52.9 Å². The molecule has 10 heteroatoms. The van der Waals surface area contributed by atoms with Crippen LogP contribution in [0.3, 0.4) is 0 Å². The lowest BCUT2D eigenvalue weighted by Crippen LogP contribution is -2.58. The lowest BCUT2D eigenvalue weighted by atomic mass is 9.95.